The summed E-state index contributed by atoms with van der Waals surface area (Å²) in [4.78, 5) is 28.6. The summed E-state index contributed by atoms with van der Waals surface area (Å²) in [6, 6.07) is 3.43. The van der Waals surface area contributed by atoms with Crippen LogP contribution in [-0.2, 0) is 14.3 Å². The minimum absolute atomic E-state index is 0.219. The van der Waals surface area contributed by atoms with Gasteiger partial charge >= 0.3 is 11.9 Å². The van der Waals surface area contributed by atoms with E-state index in [0.717, 1.165) is 5.82 Å². The smallest absolute Gasteiger partial charge is 0.339 e. The fraction of sp³-hybridized carbons (Fsp3) is 0.500. The summed E-state index contributed by atoms with van der Waals surface area (Å²) in [5.41, 5.74) is 0.429. The van der Waals surface area contributed by atoms with Crippen molar-refractivity contribution in [2.75, 3.05) is 32.2 Å². The predicted molar refractivity (Wildman–Crippen MR) is 74.7 cm³/mol. The summed E-state index contributed by atoms with van der Waals surface area (Å²) in [5, 5.41) is 0. The van der Waals surface area contributed by atoms with Crippen molar-refractivity contribution in [2.45, 2.75) is 19.8 Å². The fourth-order valence-electron chi connectivity index (χ4n) is 1.62. The molecule has 6 nitrogen and oxygen atoms in total. The number of carbonyl (C=O) groups is 2. The number of esters is 2. The summed E-state index contributed by atoms with van der Waals surface area (Å²) in [6.07, 6.45) is 2.55. The van der Waals surface area contributed by atoms with E-state index in [1.54, 1.807) is 19.1 Å². The van der Waals surface area contributed by atoms with Crippen molar-refractivity contribution in [2.24, 2.45) is 0 Å². The Kier molecular flexibility index (Phi) is 6.49. The van der Waals surface area contributed by atoms with E-state index in [1.807, 2.05) is 11.9 Å². The maximum Gasteiger partial charge on any atom is 0.339 e. The van der Waals surface area contributed by atoms with Crippen molar-refractivity contribution < 1.29 is 19.1 Å². The summed E-state index contributed by atoms with van der Waals surface area (Å²) in [6.45, 7) is 2.78. The van der Waals surface area contributed by atoms with Crippen molar-refractivity contribution in [1.82, 2.24) is 4.98 Å². The minimum atomic E-state index is -0.375. The Labute approximate surface area is 118 Å². The van der Waals surface area contributed by atoms with Crippen LogP contribution < -0.4 is 4.90 Å². The van der Waals surface area contributed by atoms with Crippen LogP contribution in [0.25, 0.3) is 0 Å². The number of hydrogen-bond donors (Lipinski definition) is 0. The molecule has 1 aromatic heterocycles. The van der Waals surface area contributed by atoms with Gasteiger partial charge in [-0.1, -0.05) is 0 Å². The molecule has 0 unspecified atom stereocenters. The first-order valence-corrected chi connectivity index (χ1v) is 6.49. The third-order valence-electron chi connectivity index (χ3n) is 2.75. The lowest BCUT2D eigenvalue weighted by Gasteiger charge is -2.17. The molecule has 0 spiro atoms. The van der Waals surface area contributed by atoms with Crippen LogP contribution in [0.15, 0.2) is 18.3 Å². The van der Waals surface area contributed by atoms with Crippen LogP contribution in [0.2, 0.25) is 0 Å². The molecule has 110 valence electrons. The summed E-state index contributed by atoms with van der Waals surface area (Å²) in [7, 11) is 3.26. The second kappa shape index (κ2) is 8.14. The van der Waals surface area contributed by atoms with Crippen LogP contribution in [0.4, 0.5) is 5.82 Å². The molecule has 6 heteroatoms. The van der Waals surface area contributed by atoms with Gasteiger partial charge in [0.2, 0.25) is 0 Å². The Morgan fingerprint density at radius 3 is 2.65 bits per heavy atom. The van der Waals surface area contributed by atoms with Gasteiger partial charge in [-0.05, 0) is 25.5 Å². The summed E-state index contributed by atoms with van der Waals surface area (Å²) in [5.74, 6) is 0.145. The number of pyridine rings is 1. The molecule has 0 N–H and O–H groups in total. The monoisotopic (exact) mass is 280 g/mol. The Hall–Kier alpha value is -2.11. The van der Waals surface area contributed by atoms with Crippen molar-refractivity contribution >= 4 is 17.8 Å². The fourth-order valence-corrected chi connectivity index (χ4v) is 1.62. The molecule has 0 aliphatic carbocycles. The SMILES string of the molecule is CCOC(=O)c1ccc(N(C)CCCC(=O)OC)nc1. The normalized spacial score (nSPS) is 9.95. The van der Waals surface area contributed by atoms with Gasteiger partial charge in [-0.3, -0.25) is 4.79 Å². The standard InChI is InChI=1S/C14H20N2O4/c1-4-20-14(18)11-7-8-12(15-10-11)16(2)9-5-6-13(17)19-3/h7-8,10H,4-6,9H2,1-3H3. The zero-order valence-corrected chi connectivity index (χ0v) is 12.1. The van der Waals surface area contributed by atoms with Crippen LogP contribution in [-0.4, -0.2) is 44.2 Å². The van der Waals surface area contributed by atoms with Gasteiger partial charge in [-0.2, -0.15) is 0 Å². The van der Waals surface area contributed by atoms with Crippen LogP contribution >= 0.6 is 0 Å². The molecular weight excluding hydrogens is 260 g/mol. The van der Waals surface area contributed by atoms with Gasteiger partial charge in [-0.25, -0.2) is 9.78 Å². The summed E-state index contributed by atoms with van der Waals surface area (Å²) >= 11 is 0. The van der Waals surface area contributed by atoms with E-state index in [-0.39, 0.29) is 11.9 Å². The number of anilines is 1. The van der Waals surface area contributed by atoms with Gasteiger partial charge in [0.1, 0.15) is 5.82 Å². The maximum absolute atomic E-state index is 11.5. The van der Waals surface area contributed by atoms with Gasteiger partial charge in [0.05, 0.1) is 19.3 Å². The molecule has 1 heterocycles. The van der Waals surface area contributed by atoms with E-state index < -0.39 is 0 Å². The molecule has 20 heavy (non-hydrogen) atoms. The van der Waals surface area contributed by atoms with Gasteiger partial charge in [-0.15, -0.1) is 0 Å². The maximum atomic E-state index is 11.5. The average Bonchev–Trinajstić information content (AvgIpc) is 2.47. The number of rotatable bonds is 7. The largest absolute Gasteiger partial charge is 0.469 e. The number of ether oxygens (including phenoxy) is 2. The highest BCUT2D eigenvalue weighted by atomic mass is 16.5. The van der Waals surface area contributed by atoms with E-state index in [1.165, 1.54) is 13.3 Å². The number of carbonyl (C=O) groups excluding carboxylic acids is 2. The predicted octanol–water partition coefficient (Wildman–Crippen LogP) is 1.65. The molecule has 1 rings (SSSR count). The quantitative estimate of drug-likeness (QED) is 0.707. The number of nitrogens with zero attached hydrogens (tertiary/aromatic N) is 2. The van der Waals surface area contributed by atoms with Crippen LogP contribution in [0.1, 0.15) is 30.1 Å². The second-order valence-electron chi connectivity index (χ2n) is 4.23. The Morgan fingerprint density at radius 1 is 1.35 bits per heavy atom. The Bertz CT molecular complexity index is 445. The van der Waals surface area contributed by atoms with Gasteiger partial charge < -0.3 is 14.4 Å². The van der Waals surface area contributed by atoms with Crippen LogP contribution in [0.5, 0.6) is 0 Å². The molecule has 0 fully saturated rings. The van der Waals surface area contributed by atoms with E-state index in [9.17, 15) is 9.59 Å². The van der Waals surface area contributed by atoms with E-state index >= 15 is 0 Å². The first-order valence-electron chi connectivity index (χ1n) is 6.49. The molecule has 0 saturated carbocycles. The highest BCUT2D eigenvalue weighted by Gasteiger charge is 2.09. The van der Waals surface area contributed by atoms with Crippen molar-refractivity contribution in [3.8, 4) is 0 Å². The molecule has 0 radical (unpaired) electrons. The second-order valence-corrected chi connectivity index (χ2v) is 4.23. The zero-order chi connectivity index (χ0) is 15.0. The zero-order valence-electron chi connectivity index (χ0n) is 12.1. The molecular formula is C14H20N2O4. The molecule has 0 atom stereocenters. The molecule has 0 bridgehead atoms. The molecule has 0 aliphatic heterocycles. The third kappa shape index (κ3) is 4.87. The average molecular weight is 280 g/mol. The first-order chi connectivity index (χ1) is 9.58. The number of aromatic nitrogens is 1. The van der Waals surface area contributed by atoms with E-state index in [0.29, 0.717) is 31.6 Å². The number of hydrogen-bond acceptors (Lipinski definition) is 6. The van der Waals surface area contributed by atoms with Crippen molar-refractivity contribution in [1.29, 1.82) is 0 Å². The third-order valence-corrected chi connectivity index (χ3v) is 2.75. The highest BCUT2D eigenvalue weighted by Crippen LogP contribution is 2.11. The van der Waals surface area contributed by atoms with Gasteiger partial charge in [0, 0.05) is 26.2 Å². The lowest BCUT2D eigenvalue weighted by atomic mass is 10.2. The van der Waals surface area contributed by atoms with Crippen molar-refractivity contribution in [3.05, 3.63) is 23.9 Å². The minimum Gasteiger partial charge on any atom is -0.469 e. The lowest BCUT2D eigenvalue weighted by Crippen LogP contribution is -2.20. The molecule has 0 amide bonds. The van der Waals surface area contributed by atoms with Crippen molar-refractivity contribution in [3.63, 3.8) is 0 Å². The first kappa shape index (κ1) is 15.9. The molecule has 1 aromatic rings. The van der Waals surface area contributed by atoms with Crippen LogP contribution in [0.3, 0.4) is 0 Å². The Balaban J connectivity index is 2.50. The van der Waals surface area contributed by atoms with Gasteiger partial charge in [0.25, 0.3) is 0 Å². The number of methoxy groups -OCH3 is 1. The molecule has 0 saturated heterocycles. The molecule has 0 aromatic carbocycles. The topological polar surface area (TPSA) is 68.7 Å². The Morgan fingerprint density at radius 2 is 2.10 bits per heavy atom. The summed E-state index contributed by atoms with van der Waals surface area (Å²) < 4.78 is 9.47. The van der Waals surface area contributed by atoms with Crippen LogP contribution in [0, 0.1) is 0 Å². The lowest BCUT2D eigenvalue weighted by molar-refractivity contribution is -0.140. The highest BCUT2D eigenvalue weighted by molar-refractivity contribution is 5.89. The molecule has 0 aliphatic rings. The van der Waals surface area contributed by atoms with E-state index in [2.05, 4.69) is 9.72 Å². The van der Waals surface area contributed by atoms with Gasteiger partial charge in [0.15, 0.2) is 0 Å². The van der Waals surface area contributed by atoms with E-state index in [4.69, 9.17) is 4.74 Å².